The maximum absolute atomic E-state index is 11.6. The predicted octanol–water partition coefficient (Wildman–Crippen LogP) is 1.91. The fourth-order valence-corrected chi connectivity index (χ4v) is 1.68. The smallest absolute Gasteiger partial charge is 0.408 e. The molecule has 6 nitrogen and oxygen atoms in total. The normalized spacial score (nSPS) is 10.9. The van der Waals surface area contributed by atoms with Gasteiger partial charge in [-0.3, -0.25) is 4.57 Å². The van der Waals surface area contributed by atoms with Gasteiger partial charge in [0.2, 0.25) is 0 Å². The summed E-state index contributed by atoms with van der Waals surface area (Å²) in [7, 11) is 1.62. The van der Waals surface area contributed by atoms with Crippen molar-refractivity contribution in [3.05, 3.63) is 28.7 Å². The fourth-order valence-electron chi connectivity index (χ4n) is 1.68. The largest absolute Gasteiger partial charge is 0.419 e. The molecule has 0 saturated carbocycles. The van der Waals surface area contributed by atoms with Crippen LogP contribution in [-0.4, -0.2) is 17.1 Å². The number of nitrogens with zero attached hydrogens (tertiary/aromatic N) is 1. The molecule has 6 heteroatoms. The summed E-state index contributed by atoms with van der Waals surface area (Å²) in [4.78, 5) is 23.0. The number of urea groups is 1. The Morgan fingerprint density at radius 1 is 1.42 bits per heavy atom. The monoisotopic (exact) mass is 263 g/mol. The van der Waals surface area contributed by atoms with Crippen LogP contribution in [0.5, 0.6) is 0 Å². The second kappa shape index (κ2) is 5.17. The number of oxazole rings is 1. The molecule has 0 spiro atoms. The van der Waals surface area contributed by atoms with Gasteiger partial charge in [0.1, 0.15) is 0 Å². The molecule has 0 aliphatic heterocycles. The van der Waals surface area contributed by atoms with Crippen molar-refractivity contribution >= 4 is 22.8 Å². The Morgan fingerprint density at radius 2 is 2.16 bits per heavy atom. The highest BCUT2D eigenvalue weighted by atomic mass is 16.4. The molecule has 2 rings (SSSR count). The lowest BCUT2D eigenvalue weighted by Gasteiger charge is -2.09. The number of aromatic nitrogens is 1. The van der Waals surface area contributed by atoms with Crippen LogP contribution in [0.25, 0.3) is 11.1 Å². The summed E-state index contributed by atoms with van der Waals surface area (Å²) in [5, 5.41) is 5.48. The number of benzene rings is 1. The van der Waals surface area contributed by atoms with E-state index < -0.39 is 5.76 Å². The van der Waals surface area contributed by atoms with Gasteiger partial charge >= 0.3 is 11.8 Å². The Balaban J connectivity index is 2.15. The molecule has 19 heavy (non-hydrogen) atoms. The van der Waals surface area contributed by atoms with Crippen LogP contribution in [0.3, 0.4) is 0 Å². The lowest BCUT2D eigenvalue weighted by atomic mass is 10.2. The summed E-state index contributed by atoms with van der Waals surface area (Å²) in [6.07, 6.45) is 0. The molecule has 0 unspecified atom stereocenters. The average molecular weight is 263 g/mol. The van der Waals surface area contributed by atoms with Crippen molar-refractivity contribution in [2.24, 2.45) is 13.0 Å². The van der Waals surface area contributed by atoms with E-state index in [4.69, 9.17) is 4.42 Å². The first-order valence-electron chi connectivity index (χ1n) is 6.12. The van der Waals surface area contributed by atoms with Gasteiger partial charge < -0.3 is 15.1 Å². The summed E-state index contributed by atoms with van der Waals surface area (Å²) in [5.41, 5.74) is 1.76. The van der Waals surface area contributed by atoms with Crippen LogP contribution in [0.4, 0.5) is 10.5 Å². The number of hydrogen-bond acceptors (Lipinski definition) is 3. The molecular weight excluding hydrogens is 246 g/mol. The molecule has 0 aliphatic rings. The highest BCUT2D eigenvalue weighted by Gasteiger charge is 2.08. The molecule has 2 amide bonds. The summed E-state index contributed by atoms with van der Waals surface area (Å²) >= 11 is 0. The quantitative estimate of drug-likeness (QED) is 0.888. The van der Waals surface area contributed by atoms with E-state index >= 15 is 0 Å². The predicted molar refractivity (Wildman–Crippen MR) is 73.3 cm³/mol. The van der Waals surface area contributed by atoms with E-state index in [1.165, 1.54) is 4.57 Å². The lowest BCUT2D eigenvalue weighted by Crippen LogP contribution is -2.31. The SMILES string of the molecule is CC(C)CNC(=O)Nc1ccc2oc(=O)n(C)c2c1. The topological polar surface area (TPSA) is 76.3 Å². The number of nitrogens with one attached hydrogen (secondary N) is 2. The van der Waals surface area contributed by atoms with Crippen LogP contribution in [0.2, 0.25) is 0 Å². The van der Waals surface area contributed by atoms with E-state index in [-0.39, 0.29) is 6.03 Å². The number of hydrogen-bond donors (Lipinski definition) is 2. The molecular formula is C13H17N3O3. The van der Waals surface area contributed by atoms with Gasteiger partial charge in [0.15, 0.2) is 5.58 Å². The Labute approximate surface area is 110 Å². The maximum atomic E-state index is 11.6. The molecule has 1 aromatic heterocycles. The highest BCUT2D eigenvalue weighted by Crippen LogP contribution is 2.17. The zero-order valence-electron chi connectivity index (χ0n) is 11.2. The van der Waals surface area contributed by atoms with Crippen molar-refractivity contribution in [1.29, 1.82) is 0 Å². The van der Waals surface area contributed by atoms with Crippen molar-refractivity contribution in [2.45, 2.75) is 13.8 Å². The number of aryl methyl sites for hydroxylation is 1. The molecule has 0 radical (unpaired) electrons. The van der Waals surface area contributed by atoms with Gasteiger partial charge in [-0.1, -0.05) is 13.8 Å². The third kappa shape index (κ3) is 2.96. The number of carbonyl (C=O) groups is 1. The molecule has 0 saturated heterocycles. The number of carbonyl (C=O) groups excluding carboxylic acids is 1. The van der Waals surface area contributed by atoms with Gasteiger partial charge in [0.05, 0.1) is 5.52 Å². The minimum atomic E-state index is -0.420. The minimum Gasteiger partial charge on any atom is -0.408 e. The van der Waals surface area contributed by atoms with Gasteiger partial charge in [0.25, 0.3) is 0 Å². The number of rotatable bonds is 3. The van der Waals surface area contributed by atoms with Crippen LogP contribution in [0, 0.1) is 5.92 Å². The molecule has 2 N–H and O–H groups in total. The van der Waals surface area contributed by atoms with Crippen LogP contribution in [0.1, 0.15) is 13.8 Å². The van der Waals surface area contributed by atoms with E-state index in [1.807, 2.05) is 13.8 Å². The van der Waals surface area contributed by atoms with Crippen molar-refractivity contribution in [3.8, 4) is 0 Å². The molecule has 0 fully saturated rings. The van der Waals surface area contributed by atoms with Crippen molar-refractivity contribution < 1.29 is 9.21 Å². The molecule has 1 heterocycles. The van der Waals surface area contributed by atoms with Crippen molar-refractivity contribution in [1.82, 2.24) is 9.88 Å². The maximum Gasteiger partial charge on any atom is 0.419 e. The van der Waals surface area contributed by atoms with Crippen LogP contribution in [0.15, 0.2) is 27.4 Å². The fraction of sp³-hybridized carbons (Fsp3) is 0.385. The third-order valence-electron chi connectivity index (χ3n) is 2.72. The molecule has 2 aromatic rings. The van der Waals surface area contributed by atoms with Crippen LogP contribution in [-0.2, 0) is 7.05 Å². The molecule has 0 bridgehead atoms. The summed E-state index contributed by atoms with van der Waals surface area (Å²) in [6.45, 7) is 4.65. The minimum absolute atomic E-state index is 0.262. The van der Waals surface area contributed by atoms with E-state index in [1.54, 1.807) is 25.2 Å². The van der Waals surface area contributed by atoms with E-state index in [9.17, 15) is 9.59 Å². The number of anilines is 1. The van der Waals surface area contributed by atoms with Gasteiger partial charge in [-0.15, -0.1) is 0 Å². The Kier molecular flexibility index (Phi) is 3.59. The summed E-state index contributed by atoms with van der Waals surface area (Å²) < 4.78 is 6.41. The highest BCUT2D eigenvalue weighted by molar-refractivity contribution is 5.91. The average Bonchev–Trinajstić information content (AvgIpc) is 2.63. The molecule has 0 aliphatic carbocycles. The zero-order valence-corrected chi connectivity index (χ0v) is 11.2. The van der Waals surface area contributed by atoms with E-state index in [2.05, 4.69) is 10.6 Å². The first-order chi connectivity index (χ1) is 8.97. The molecule has 1 aromatic carbocycles. The molecule has 102 valence electrons. The Morgan fingerprint density at radius 3 is 2.84 bits per heavy atom. The van der Waals surface area contributed by atoms with Crippen LogP contribution < -0.4 is 16.4 Å². The van der Waals surface area contributed by atoms with Gasteiger partial charge in [-0.2, -0.15) is 0 Å². The second-order valence-electron chi connectivity index (χ2n) is 4.84. The second-order valence-corrected chi connectivity index (χ2v) is 4.84. The third-order valence-corrected chi connectivity index (χ3v) is 2.72. The molecule has 0 atom stereocenters. The van der Waals surface area contributed by atoms with Gasteiger partial charge in [-0.05, 0) is 24.1 Å². The van der Waals surface area contributed by atoms with Crippen molar-refractivity contribution in [3.63, 3.8) is 0 Å². The standard InChI is InChI=1S/C13H17N3O3/c1-8(2)7-14-12(17)15-9-4-5-11-10(6-9)16(3)13(18)19-11/h4-6,8H,7H2,1-3H3,(H2,14,15,17). The summed E-state index contributed by atoms with van der Waals surface area (Å²) in [6, 6.07) is 4.80. The van der Waals surface area contributed by atoms with Crippen molar-refractivity contribution in [2.75, 3.05) is 11.9 Å². The van der Waals surface area contributed by atoms with E-state index in [0.29, 0.717) is 29.2 Å². The zero-order chi connectivity index (χ0) is 14.0. The first kappa shape index (κ1) is 13.2. The Bertz CT molecular complexity index is 655. The number of amides is 2. The lowest BCUT2D eigenvalue weighted by molar-refractivity contribution is 0.251. The Hall–Kier alpha value is -2.24. The number of fused-ring (bicyclic) bond motifs is 1. The van der Waals surface area contributed by atoms with E-state index in [0.717, 1.165) is 0 Å². The first-order valence-corrected chi connectivity index (χ1v) is 6.12. The summed E-state index contributed by atoms with van der Waals surface area (Å²) in [5.74, 6) is -0.0284. The van der Waals surface area contributed by atoms with Crippen LogP contribution >= 0.6 is 0 Å². The van der Waals surface area contributed by atoms with Gasteiger partial charge in [-0.25, -0.2) is 9.59 Å². The van der Waals surface area contributed by atoms with Gasteiger partial charge in [0, 0.05) is 19.3 Å².